The van der Waals surface area contributed by atoms with Crippen molar-refractivity contribution in [2.24, 2.45) is 0 Å². The number of benzene rings is 1. The maximum absolute atomic E-state index is 11.8. The Balaban J connectivity index is 1.71. The highest BCUT2D eigenvalue weighted by Crippen LogP contribution is 2.24. The van der Waals surface area contributed by atoms with Crippen LogP contribution < -0.4 is 10.1 Å². The van der Waals surface area contributed by atoms with E-state index in [0.717, 1.165) is 25.1 Å². The molecule has 0 unspecified atom stereocenters. The van der Waals surface area contributed by atoms with Crippen molar-refractivity contribution in [2.75, 3.05) is 6.54 Å². The molecule has 1 aliphatic carbocycles. The Kier molecular flexibility index (Phi) is 7.27. The zero-order valence-corrected chi connectivity index (χ0v) is 13.8. The van der Waals surface area contributed by atoms with Crippen molar-refractivity contribution in [1.29, 1.82) is 0 Å². The lowest BCUT2D eigenvalue weighted by Crippen LogP contribution is -2.24. The molecule has 1 N–H and O–H groups in total. The van der Waals surface area contributed by atoms with Crippen molar-refractivity contribution in [3.8, 4) is 5.75 Å². The molecule has 0 aliphatic heterocycles. The van der Waals surface area contributed by atoms with Crippen LogP contribution >= 0.6 is 0 Å². The maximum Gasteiger partial charge on any atom is 0.220 e. The van der Waals surface area contributed by atoms with Gasteiger partial charge >= 0.3 is 0 Å². The largest absolute Gasteiger partial charge is 0.490 e. The topological polar surface area (TPSA) is 38.3 Å². The van der Waals surface area contributed by atoms with E-state index in [9.17, 15) is 4.79 Å². The van der Waals surface area contributed by atoms with Crippen LogP contribution in [0.1, 0.15) is 63.9 Å². The predicted molar refractivity (Wildman–Crippen MR) is 90.2 cm³/mol. The summed E-state index contributed by atoms with van der Waals surface area (Å²) in [6.07, 6.45) is 10.1. The maximum atomic E-state index is 11.8. The molecule has 0 heterocycles. The number of hydrogen-bond acceptors (Lipinski definition) is 2. The van der Waals surface area contributed by atoms with Crippen LogP contribution in [-0.4, -0.2) is 18.6 Å². The molecule has 1 amide bonds. The van der Waals surface area contributed by atoms with E-state index in [1.165, 1.54) is 44.1 Å². The monoisotopic (exact) mass is 303 g/mol. The van der Waals surface area contributed by atoms with Crippen LogP contribution in [0.3, 0.4) is 0 Å². The molecule has 3 nitrogen and oxygen atoms in total. The molecule has 122 valence electrons. The first kappa shape index (κ1) is 16.9. The van der Waals surface area contributed by atoms with Gasteiger partial charge in [-0.1, -0.05) is 31.9 Å². The van der Waals surface area contributed by atoms with Gasteiger partial charge in [0.25, 0.3) is 0 Å². The Morgan fingerprint density at radius 3 is 2.86 bits per heavy atom. The zero-order chi connectivity index (χ0) is 15.6. The SMILES string of the molecule is CCCCCNC(=O)CCc1cccc(OC2CCCC2)c1. The van der Waals surface area contributed by atoms with Crippen molar-refractivity contribution in [2.45, 2.75) is 70.8 Å². The molecule has 0 radical (unpaired) electrons. The molecule has 0 spiro atoms. The van der Waals surface area contributed by atoms with Crippen LogP contribution in [-0.2, 0) is 11.2 Å². The van der Waals surface area contributed by atoms with E-state index >= 15 is 0 Å². The van der Waals surface area contributed by atoms with Gasteiger partial charge in [-0.3, -0.25) is 4.79 Å². The Labute approximate surface area is 134 Å². The van der Waals surface area contributed by atoms with Crippen molar-refractivity contribution in [1.82, 2.24) is 5.32 Å². The second-order valence-electron chi connectivity index (χ2n) is 6.23. The van der Waals surface area contributed by atoms with E-state index in [1.54, 1.807) is 0 Å². The van der Waals surface area contributed by atoms with Crippen molar-refractivity contribution < 1.29 is 9.53 Å². The number of rotatable bonds is 9. The van der Waals surface area contributed by atoms with Crippen LogP contribution in [0, 0.1) is 0 Å². The normalized spacial score (nSPS) is 15.0. The molecule has 1 aromatic carbocycles. The average Bonchev–Trinajstić information content (AvgIpc) is 3.03. The summed E-state index contributed by atoms with van der Waals surface area (Å²) in [5.41, 5.74) is 1.18. The lowest BCUT2D eigenvalue weighted by atomic mass is 10.1. The molecule has 1 saturated carbocycles. The highest BCUT2D eigenvalue weighted by atomic mass is 16.5. The first-order valence-corrected chi connectivity index (χ1v) is 8.80. The number of unbranched alkanes of at least 4 members (excludes halogenated alkanes) is 2. The molecule has 0 bridgehead atoms. The van der Waals surface area contributed by atoms with Crippen molar-refractivity contribution in [3.63, 3.8) is 0 Å². The van der Waals surface area contributed by atoms with Gasteiger partial charge in [0, 0.05) is 13.0 Å². The minimum absolute atomic E-state index is 0.151. The van der Waals surface area contributed by atoms with Crippen LogP contribution in [0.25, 0.3) is 0 Å². The smallest absolute Gasteiger partial charge is 0.220 e. The summed E-state index contributed by atoms with van der Waals surface area (Å²) in [5.74, 6) is 1.10. The minimum atomic E-state index is 0.151. The first-order chi connectivity index (χ1) is 10.8. The van der Waals surface area contributed by atoms with Gasteiger partial charge in [-0.25, -0.2) is 0 Å². The lowest BCUT2D eigenvalue weighted by Gasteiger charge is -2.13. The summed E-state index contributed by atoms with van der Waals surface area (Å²) < 4.78 is 6.01. The van der Waals surface area contributed by atoms with E-state index in [1.807, 2.05) is 12.1 Å². The minimum Gasteiger partial charge on any atom is -0.490 e. The summed E-state index contributed by atoms with van der Waals surface area (Å²) in [4.78, 5) is 11.8. The van der Waals surface area contributed by atoms with Crippen LogP contribution in [0.5, 0.6) is 5.75 Å². The van der Waals surface area contributed by atoms with Gasteiger partial charge in [-0.05, 0) is 56.2 Å². The van der Waals surface area contributed by atoms with Gasteiger partial charge < -0.3 is 10.1 Å². The van der Waals surface area contributed by atoms with Gasteiger partial charge in [-0.2, -0.15) is 0 Å². The molecule has 2 rings (SSSR count). The first-order valence-electron chi connectivity index (χ1n) is 8.80. The van der Waals surface area contributed by atoms with Crippen LogP contribution in [0.15, 0.2) is 24.3 Å². The Bertz CT molecular complexity index is 453. The fraction of sp³-hybridized carbons (Fsp3) is 0.632. The number of nitrogens with one attached hydrogen (secondary N) is 1. The number of carbonyl (C=O) groups is 1. The Hall–Kier alpha value is -1.51. The molecule has 1 aliphatic rings. The third-order valence-electron chi connectivity index (χ3n) is 4.25. The summed E-state index contributed by atoms with van der Waals surface area (Å²) in [6, 6.07) is 8.21. The summed E-state index contributed by atoms with van der Waals surface area (Å²) in [5, 5.41) is 2.99. The van der Waals surface area contributed by atoms with Gasteiger partial charge in [0.2, 0.25) is 5.91 Å². The highest BCUT2D eigenvalue weighted by molar-refractivity contribution is 5.76. The second kappa shape index (κ2) is 9.50. The zero-order valence-electron chi connectivity index (χ0n) is 13.8. The van der Waals surface area contributed by atoms with E-state index in [4.69, 9.17) is 4.74 Å². The van der Waals surface area contributed by atoms with Crippen LogP contribution in [0.2, 0.25) is 0 Å². The number of carbonyl (C=O) groups excluding carboxylic acids is 1. The third-order valence-corrected chi connectivity index (χ3v) is 4.25. The predicted octanol–water partition coefficient (Wildman–Crippen LogP) is 4.25. The Morgan fingerprint density at radius 2 is 2.09 bits per heavy atom. The van der Waals surface area contributed by atoms with Gasteiger partial charge in [0.05, 0.1) is 6.10 Å². The fourth-order valence-corrected chi connectivity index (χ4v) is 2.92. The highest BCUT2D eigenvalue weighted by Gasteiger charge is 2.16. The average molecular weight is 303 g/mol. The molecule has 22 heavy (non-hydrogen) atoms. The van der Waals surface area contributed by atoms with Gasteiger partial charge in [-0.15, -0.1) is 0 Å². The van der Waals surface area contributed by atoms with Gasteiger partial charge in [0.1, 0.15) is 5.75 Å². The number of ether oxygens (including phenoxy) is 1. The number of hydrogen-bond donors (Lipinski definition) is 1. The van der Waals surface area contributed by atoms with E-state index < -0.39 is 0 Å². The molecular formula is C19H29NO2. The van der Waals surface area contributed by atoms with E-state index in [-0.39, 0.29) is 5.91 Å². The molecular weight excluding hydrogens is 274 g/mol. The lowest BCUT2D eigenvalue weighted by molar-refractivity contribution is -0.121. The molecule has 0 atom stereocenters. The number of aryl methyl sites for hydroxylation is 1. The summed E-state index contributed by atoms with van der Waals surface area (Å²) in [6.45, 7) is 2.97. The molecule has 1 aromatic rings. The third kappa shape index (κ3) is 6.08. The van der Waals surface area contributed by atoms with E-state index in [0.29, 0.717) is 12.5 Å². The summed E-state index contributed by atoms with van der Waals surface area (Å²) in [7, 11) is 0. The standard InChI is InChI=1S/C19H29NO2/c1-2-3-6-14-20-19(21)13-12-16-8-7-11-18(15-16)22-17-9-4-5-10-17/h7-8,11,15,17H,2-6,9-10,12-14H2,1H3,(H,20,21). The Morgan fingerprint density at radius 1 is 1.27 bits per heavy atom. The van der Waals surface area contributed by atoms with Crippen LogP contribution in [0.4, 0.5) is 0 Å². The van der Waals surface area contributed by atoms with Crippen molar-refractivity contribution >= 4 is 5.91 Å². The quantitative estimate of drug-likeness (QED) is 0.693. The summed E-state index contributed by atoms with van der Waals surface area (Å²) >= 11 is 0. The van der Waals surface area contributed by atoms with Crippen molar-refractivity contribution in [3.05, 3.63) is 29.8 Å². The second-order valence-corrected chi connectivity index (χ2v) is 6.23. The fourth-order valence-electron chi connectivity index (χ4n) is 2.92. The number of amides is 1. The molecule has 3 heteroatoms. The van der Waals surface area contributed by atoms with Gasteiger partial charge in [0.15, 0.2) is 0 Å². The molecule has 1 fully saturated rings. The molecule has 0 saturated heterocycles. The van der Waals surface area contributed by atoms with E-state index in [2.05, 4.69) is 24.4 Å². The molecule has 0 aromatic heterocycles.